The zero-order chi connectivity index (χ0) is 15.0. The molecule has 1 aliphatic rings. The summed E-state index contributed by atoms with van der Waals surface area (Å²) in [5.41, 5.74) is 8.17. The first-order chi connectivity index (χ1) is 9.54. The Bertz CT molecular complexity index is 375. The molecule has 1 rings (SSSR count). The second-order valence-corrected chi connectivity index (χ2v) is 5.63. The van der Waals surface area contributed by atoms with Gasteiger partial charge >= 0.3 is 0 Å². The second kappa shape index (κ2) is 8.80. The first-order valence-electron chi connectivity index (χ1n) is 7.56. The Kier molecular flexibility index (Phi) is 7.37. The van der Waals surface area contributed by atoms with E-state index in [9.17, 15) is 0 Å². The highest BCUT2D eigenvalue weighted by Crippen LogP contribution is 2.19. The zero-order valence-corrected chi connectivity index (χ0v) is 13.3. The van der Waals surface area contributed by atoms with Crippen molar-refractivity contribution in [3.8, 4) is 0 Å². The van der Waals surface area contributed by atoms with E-state index in [0.717, 1.165) is 43.7 Å². The lowest BCUT2D eigenvalue weighted by Gasteiger charge is -2.29. The molecule has 1 fully saturated rings. The predicted octanol–water partition coefficient (Wildman–Crippen LogP) is 2.97. The van der Waals surface area contributed by atoms with Crippen LogP contribution in [-0.4, -0.2) is 25.1 Å². The summed E-state index contributed by atoms with van der Waals surface area (Å²) >= 11 is 0. The molecular formula is C16H29N3O. The van der Waals surface area contributed by atoms with Crippen LogP contribution in [0.15, 0.2) is 28.5 Å². The second-order valence-electron chi connectivity index (χ2n) is 5.63. The van der Waals surface area contributed by atoms with E-state index in [1.807, 2.05) is 13.8 Å². The van der Waals surface area contributed by atoms with Gasteiger partial charge in [0.1, 0.15) is 5.84 Å². The number of hydrogen-bond donors (Lipinski definition) is 2. The van der Waals surface area contributed by atoms with Crippen LogP contribution in [0.4, 0.5) is 0 Å². The van der Waals surface area contributed by atoms with Crippen LogP contribution in [0.25, 0.3) is 0 Å². The monoisotopic (exact) mass is 279 g/mol. The highest BCUT2D eigenvalue weighted by atomic mass is 16.5. The Morgan fingerprint density at radius 2 is 2.05 bits per heavy atom. The Morgan fingerprint density at radius 3 is 2.60 bits per heavy atom. The molecule has 3 N–H and O–H groups in total. The minimum Gasteiger partial charge on any atom is -0.382 e. The summed E-state index contributed by atoms with van der Waals surface area (Å²) in [5.74, 6) is 1.20. The number of aliphatic imine (C=N–C) groups is 1. The number of hydrogen-bond acceptors (Lipinski definition) is 3. The van der Waals surface area contributed by atoms with Crippen LogP contribution in [-0.2, 0) is 4.74 Å². The fraction of sp³-hybridized carbons (Fsp3) is 0.688. The molecule has 0 amide bonds. The summed E-state index contributed by atoms with van der Waals surface area (Å²) in [6.45, 7) is 10.1. The molecule has 114 valence electrons. The predicted molar refractivity (Wildman–Crippen MR) is 85.6 cm³/mol. The summed E-state index contributed by atoms with van der Waals surface area (Å²) in [6, 6.07) is 0.386. The van der Waals surface area contributed by atoms with Gasteiger partial charge in [-0.25, -0.2) is 4.99 Å². The fourth-order valence-corrected chi connectivity index (χ4v) is 2.29. The third kappa shape index (κ3) is 5.78. The van der Waals surface area contributed by atoms with E-state index in [4.69, 9.17) is 10.5 Å². The average Bonchev–Trinajstić information content (AvgIpc) is 2.45. The number of nitrogens with zero attached hydrogens (tertiary/aromatic N) is 1. The van der Waals surface area contributed by atoms with Crippen molar-refractivity contribution in [2.24, 2.45) is 16.6 Å². The zero-order valence-electron chi connectivity index (χ0n) is 13.3. The first-order valence-corrected chi connectivity index (χ1v) is 7.56. The Labute approximate surface area is 123 Å². The van der Waals surface area contributed by atoms with Crippen LogP contribution in [0.3, 0.4) is 0 Å². The molecule has 0 bridgehead atoms. The van der Waals surface area contributed by atoms with Crippen molar-refractivity contribution in [2.75, 3.05) is 13.2 Å². The van der Waals surface area contributed by atoms with Gasteiger partial charge in [0.15, 0.2) is 0 Å². The number of ether oxygens (including phenoxy) is 1. The smallest absolute Gasteiger partial charge is 0.146 e. The van der Waals surface area contributed by atoms with E-state index >= 15 is 0 Å². The van der Waals surface area contributed by atoms with Crippen LogP contribution in [0, 0.1) is 5.92 Å². The van der Waals surface area contributed by atoms with Gasteiger partial charge in [-0.2, -0.15) is 0 Å². The molecule has 1 saturated heterocycles. The molecule has 0 aromatic rings. The molecule has 0 radical (unpaired) electrons. The van der Waals surface area contributed by atoms with Crippen molar-refractivity contribution < 1.29 is 4.74 Å². The normalized spacial score (nSPS) is 19.6. The first kappa shape index (κ1) is 16.8. The van der Waals surface area contributed by atoms with Crippen molar-refractivity contribution in [1.82, 2.24) is 5.32 Å². The summed E-state index contributed by atoms with van der Waals surface area (Å²) in [4.78, 5) is 4.32. The van der Waals surface area contributed by atoms with E-state index in [1.54, 1.807) is 6.20 Å². The average molecular weight is 279 g/mol. The summed E-state index contributed by atoms with van der Waals surface area (Å²) in [5, 5.41) is 3.53. The molecule has 0 saturated carbocycles. The molecule has 4 nitrogen and oxygen atoms in total. The lowest BCUT2D eigenvalue weighted by atomic mass is 9.92. The molecule has 4 heteroatoms. The quantitative estimate of drug-likeness (QED) is 0.580. The van der Waals surface area contributed by atoms with Gasteiger partial charge in [0.05, 0.1) is 5.70 Å². The van der Waals surface area contributed by atoms with E-state index in [0.29, 0.717) is 17.8 Å². The number of amidine groups is 1. The molecule has 1 heterocycles. The molecule has 1 atom stereocenters. The molecule has 0 aromatic carbocycles. The van der Waals surface area contributed by atoms with Gasteiger partial charge in [0.2, 0.25) is 0 Å². The van der Waals surface area contributed by atoms with Gasteiger partial charge in [0.25, 0.3) is 0 Å². The van der Waals surface area contributed by atoms with Crippen LogP contribution >= 0.6 is 0 Å². The largest absolute Gasteiger partial charge is 0.382 e. The fourth-order valence-electron chi connectivity index (χ4n) is 2.29. The maximum atomic E-state index is 6.08. The third-order valence-electron chi connectivity index (χ3n) is 3.50. The number of allylic oxidation sites excluding steroid dienone is 2. The molecule has 0 aliphatic carbocycles. The molecule has 0 spiro atoms. The number of nitrogens with one attached hydrogen (secondary N) is 1. The molecule has 1 unspecified atom stereocenters. The van der Waals surface area contributed by atoms with Gasteiger partial charge in [-0.05, 0) is 46.0 Å². The highest BCUT2D eigenvalue weighted by Gasteiger charge is 2.21. The van der Waals surface area contributed by atoms with Crippen LogP contribution in [0.2, 0.25) is 0 Å². The number of nitrogens with two attached hydrogens (primary N) is 1. The van der Waals surface area contributed by atoms with Crippen molar-refractivity contribution in [3.63, 3.8) is 0 Å². The SMILES string of the molecule is CC/C=C(\NC(C)C1CCOCC1)C(N)=NC=C(C)C. The van der Waals surface area contributed by atoms with E-state index in [1.165, 1.54) is 0 Å². The van der Waals surface area contributed by atoms with Crippen LogP contribution < -0.4 is 11.1 Å². The Hall–Kier alpha value is -1.29. The van der Waals surface area contributed by atoms with Crippen molar-refractivity contribution in [2.45, 2.75) is 53.0 Å². The van der Waals surface area contributed by atoms with E-state index in [2.05, 4.69) is 30.2 Å². The van der Waals surface area contributed by atoms with Gasteiger partial charge in [-0.1, -0.05) is 18.6 Å². The van der Waals surface area contributed by atoms with Crippen molar-refractivity contribution >= 4 is 5.84 Å². The Morgan fingerprint density at radius 1 is 1.40 bits per heavy atom. The maximum absolute atomic E-state index is 6.08. The van der Waals surface area contributed by atoms with Crippen molar-refractivity contribution in [1.29, 1.82) is 0 Å². The van der Waals surface area contributed by atoms with Gasteiger partial charge in [-0.15, -0.1) is 0 Å². The van der Waals surface area contributed by atoms with Crippen LogP contribution in [0.1, 0.15) is 47.0 Å². The van der Waals surface area contributed by atoms with E-state index < -0.39 is 0 Å². The van der Waals surface area contributed by atoms with Gasteiger partial charge in [-0.3, -0.25) is 0 Å². The molecule has 0 aromatic heterocycles. The van der Waals surface area contributed by atoms with Crippen molar-refractivity contribution in [3.05, 3.63) is 23.5 Å². The minimum absolute atomic E-state index is 0.386. The molecule has 1 aliphatic heterocycles. The number of rotatable bonds is 6. The topological polar surface area (TPSA) is 59.6 Å². The summed E-state index contributed by atoms with van der Waals surface area (Å²) in [7, 11) is 0. The highest BCUT2D eigenvalue weighted by molar-refractivity contribution is 5.96. The van der Waals surface area contributed by atoms with E-state index in [-0.39, 0.29) is 0 Å². The van der Waals surface area contributed by atoms with Gasteiger partial charge in [0, 0.05) is 25.5 Å². The standard InChI is InChI=1S/C16H29N3O/c1-5-6-15(16(17)18-11-12(2)3)19-13(4)14-7-9-20-10-8-14/h6,11,13-14,19H,5,7-10H2,1-4H3,(H2,17,18)/b15-6-. The lowest BCUT2D eigenvalue weighted by Crippen LogP contribution is -2.39. The van der Waals surface area contributed by atoms with Crippen LogP contribution in [0.5, 0.6) is 0 Å². The third-order valence-corrected chi connectivity index (χ3v) is 3.50. The molecule has 20 heavy (non-hydrogen) atoms. The Balaban J connectivity index is 2.69. The maximum Gasteiger partial charge on any atom is 0.146 e. The lowest BCUT2D eigenvalue weighted by molar-refractivity contribution is 0.0573. The molecular weight excluding hydrogens is 250 g/mol. The van der Waals surface area contributed by atoms with Gasteiger partial charge < -0.3 is 15.8 Å². The summed E-state index contributed by atoms with van der Waals surface area (Å²) < 4.78 is 5.42. The minimum atomic E-state index is 0.386. The summed E-state index contributed by atoms with van der Waals surface area (Å²) in [6.07, 6.45) is 7.07.